The highest BCUT2D eigenvalue weighted by Crippen LogP contribution is 2.34. The molecule has 0 radical (unpaired) electrons. The maximum atomic E-state index is 13.1. The zero-order valence-corrected chi connectivity index (χ0v) is 25.2. The summed E-state index contributed by atoms with van der Waals surface area (Å²) in [5, 5.41) is 12.8. The summed E-state index contributed by atoms with van der Waals surface area (Å²) in [6.45, 7) is 10.4. The van der Waals surface area contributed by atoms with Crippen LogP contribution in [0.3, 0.4) is 0 Å². The number of fused-ring (bicyclic) bond motifs is 3. The molecule has 1 fully saturated rings. The number of benzene rings is 2. The predicted octanol–water partition coefficient (Wildman–Crippen LogP) is 7.51. The molecule has 1 saturated carbocycles. The van der Waals surface area contributed by atoms with Gasteiger partial charge in [-0.05, 0) is 78.7 Å². The minimum atomic E-state index is -1.17. The molecular formula is C29H35BrN4O6. The average molecular weight is 616 g/mol. The largest absolute Gasteiger partial charge is 0.465 e. The van der Waals surface area contributed by atoms with Gasteiger partial charge in [0.1, 0.15) is 11.2 Å². The third-order valence-electron chi connectivity index (χ3n) is 6.52. The van der Waals surface area contributed by atoms with Gasteiger partial charge in [0, 0.05) is 33.5 Å². The van der Waals surface area contributed by atoms with Gasteiger partial charge < -0.3 is 14.6 Å². The Morgan fingerprint density at radius 3 is 1.95 bits per heavy atom. The zero-order chi connectivity index (χ0) is 29.4. The van der Waals surface area contributed by atoms with Crippen molar-refractivity contribution >= 4 is 61.8 Å². The lowest BCUT2D eigenvalue weighted by atomic mass is 9.89. The van der Waals surface area contributed by atoms with Crippen LogP contribution in [0.2, 0.25) is 0 Å². The first-order valence-corrected chi connectivity index (χ1v) is 14.1. The molecule has 1 aromatic heterocycles. The van der Waals surface area contributed by atoms with Gasteiger partial charge in [-0.15, -0.1) is 0 Å². The monoisotopic (exact) mass is 614 g/mol. The molecule has 0 unspecified atom stereocenters. The number of carbonyl (C=O) groups excluding carboxylic acids is 2. The first-order valence-electron chi connectivity index (χ1n) is 13.3. The molecule has 0 aliphatic heterocycles. The van der Waals surface area contributed by atoms with Crippen LogP contribution >= 0.6 is 15.9 Å². The van der Waals surface area contributed by atoms with Crippen LogP contribution in [0.25, 0.3) is 21.7 Å². The number of hydrogen-bond donors (Lipinski definition) is 1. The summed E-state index contributed by atoms with van der Waals surface area (Å²) in [6.07, 6.45) is 0.423. The van der Waals surface area contributed by atoms with Gasteiger partial charge in [-0.25, -0.2) is 34.2 Å². The van der Waals surface area contributed by atoms with Gasteiger partial charge in [0.25, 0.3) is 0 Å². The Balaban J connectivity index is 1.59. The Labute approximate surface area is 241 Å². The molecule has 40 heavy (non-hydrogen) atoms. The Hall–Kier alpha value is -3.47. The number of aromatic nitrogens is 2. The Morgan fingerprint density at radius 1 is 0.900 bits per heavy atom. The lowest BCUT2D eigenvalue weighted by molar-refractivity contribution is -0.0112. The molecule has 214 valence electrons. The van der Waals surface area contributed by atoms with E-state index < -0.39 is 41.6 Å². The van der Waals surface area contributed by atoms with E-state index in [-0.39, 0.29) is 5.95 Å². The molecule has 0 spiro atoms. The predicted molar refractivity (Wildman–Crippen MR) is 156 cm³/mol. The van der Waals surface area contributed by atoms with Crippen LogP contribution in [-0.4, -0.2) is 61.5 Å². The fourth-order valence-corrected chi connectivity index (χ4v) is 5.50. The molecule has 2 aromatic carbocycles. The van der Waals surface area contributed by atoms with Crippen LogP contribution in [0.4, 0.5) is 20.3 Å². The first kappa shape index (κ1) is 29.5. The van der Waals surface area contributed by atoms with Gasteiger partial charge in [-0.1, -0.05) is 40.2 Å². The summed E-state index contributed by atoms with van der Waals surface area (Å²) in [5.41, 5.74) is -0.950. The molecule has 0 saturated heterocycles. The number of imide groups is 1. The standard InChI is InChI=1S/C29H35BrN4O6/c1-28(2,3)39-26(37)34(27(38)40-29(4,5)6)19-13-11-18(12-14-19)33(25(35)36)24-31-16-17-15-22(30)20-9-7-8-10-21(20)23(17)32-24/h7-10,15-16,18-19H,11-14H2,1-6H3,(H,35,36). The molecule has 1 aliphatic rings. The minimum Gasteiger partial charge on any atom is -0.465 e. The van der Waals surface area contributed by atoms with Crippen molar-refractivity contribution in [1.82, 2.24) is 14.9 Å². The highest BCUT2D eigenvalue weighted by molar-refractivity contribution is 9.10. The molecule has 3 aromatic rings. The number of carbonyl (C=O) groups is 3. The third-order valence-corrected chi connectivity index (χ3v) is 7.18. The molecule has 4 rings (SSSR count). The topological polar surface area (TPSA) is 122 Å². The van der Waals surface area contributed by atoms with Crippen molar-refractivity contribution in [3.8, 4) is 0 Å². The summed E-state index contributed by atoms with van der Waals surface area (Å²) in [5.74, 6) is 0.0899. The second kappa shape index (κ2) is 11.2. The lowest BCUT2D eigenvalue weighted by Gasteiger charge is -2.38. The van der Waals surface area contributed by atoms with E-state index in [1.165, 1.54) is 4.90 Å². The van der Waals surface area contributed by atoms with Crippen molar-refractivity contribution in [2.75, 3.05) is 4.90 Å². The number of ether oxygens (including phenoxy) is 2. The van der Waals surface area contributed by atoms with Crippen molar-refractivity contribution in [3.05, 3.63) is 41.0 Å². The maximum Gasteiger partial charge on any atom is 0.420 e. The molecule has 3 amide bonds. The van der Waals surface area contributed by atoms with Crippen LogP contribution in [0.15, 0.2) is 41.0 Å². The van der Waals surface area contributed by atoms with E-state index in [0.29, 0.717) is 31.2 Å². The van der Waals surface area contributed by atoms with Crippen LogP contribution in [0.5, 0.6) is 0 Å². The number of hydrogen-bond acceptors (Lipinski definition) is 7. The van der Waals surface area contributed by atoms with E-state index >= 15 is 0 Å². The normalized spacial score (nSPS) is 17.9. The van der Waals surface area contributed by atoms with Gasteiger partial charge in [0.15, 0.2) is 0 Å². The Bertz CT molecular complexity index is 1410. The van der Waals surface area contributed by atoms with E-state index in [1.807, 2.05) is 30.3 Å². The number of halogens is 1. The molecule has 1 N–H and O–H groups in total. The van der Waals surface area contributed by atoms with Crippen LogP contribution in [-0.2, 0) is 9.47 Å². The molecule has 10 nitrogen and oxygen atoms in total. The van der Waals surface area contributed by atoms with Gasteiger partial charge in [-0.3, -0.25) is 0 Å². The molecule has 0 bridgehead atoms. The van der Waals surface area contributed by atoms with Crippen LogP contribution < -0.4 is 4.90 Å². The van der Waals surface area contributed by atoms with Crippen molar-refractivity contribution in [3.63, 3.8) is 0 Å². The van der Waals surface area contributed by atoms with Gasteiger partial charge in [-0.2, -0.15) is 0 Å². The number of carboxylic acid groups (broad SMARTS) is 1. The zero-order valence-electron chi connectivity index (χ0n) is 23.6. The molecular weight excluding hydrogens is 580 g/mol. The van der Waals surface area contributed by atoms with Crippen molar-refractivity contribution < 1.29 is 29.0 Å². The van der Waals surface area contributed by atoms with Crippen LogP contribution in [0, 0.1) is 0 Å². The molecule has 1 aliphatic carbocycles. The molecule has 0 atom stereocenters. The first-order chi connectivity index (χ1) is 18.6. The summed E-state index contributed by atoms with van der Waals surface area (Å²) >= 11 is 3.59. The summed E-state index contributed by atoms with van der Waals surface area (Å²) in [4.78, 5) is 49.9. The van der Waals surface area contributed by atoms with E-state index in [0.717, 1.165) is 25.5 Å². The molecule has 1 heterocycles. The summed E-state index contributed by atoms with van der Waals surface area (Å²) in [7, 11) is 0. The van der Waals surface area contributed by atoms with E-state index in [1.54, 1.807) is 47.7 Å². The smallest absolute Gasteiger partial charge is 0.420 e. The van der Waals surface area contributed by atoms with Crippen LogP contribution in [0.1, 0.15) is 67.2 Å². The van der Waals surface area contributed by atoms with Crippen molar-refractivity contribution in [2.24, 2.45) is 0 Å². The number of rotatable bonds is 3. The highest BCUT2D eigenvalue weighted by Gasteiger charge is 2.40. The Kier molecular flexibility index (Phi) is 8.26. The Morgan fingerprint density at radius 2 is 1.43 bits per heavy atom. The SMILES string of the molecule is CC(C)(C)OC(=O)N(C(=O)OC(C)(C)C)C1CCC(N(C(=O)O)c2ncc3cc(Br)c4ccccc4c3n2)CC1. The number of amides is 3. The van der Waals surface area contributed by atoms with Crippen molar-refractivity contribution in [1.29, 1.82) is 0 Å². The van der Waals surface area contributed by atoms with Crippen molar-refractivity contribution in [2.45, 2.75) is 90.5 Å². The van der Waals surface area contributed by atoms with E-state index in [9.17, 15) is 19.5 Å². The van der Waals surface area contributed by atoms with E-state index in [2.05, 4.69) is 25.9 Å². The number of nitrogens with zero attached hydrogens (tertiary/aromatic N) is 4. The summed E-state index contributed by atoms with van der Waals surface area (Å²) < 4.78 is 11.9. The van der Waals surface area contributed by atoms with Gasteiger partial charge >= 0.3 is 18.3 Å². The molecule has 11 heteroatoms. The fourth-order valence-electron chi connectivity index (χ4n) is 4.91. The lowest BCUT2D eigenvalue weighted by Crippen LogP contribution is -2.52. The van der Waals surface area contributed by atoms with E-state index in [4.69, 9.17) is 9.47 Å². The minimum absolute atomic E-state index is 0.0899. The number of anilines is 1. The maximum absolute atomic E-state index is 13.1. The highest BCUT2D eigenvalue weighted by atomic mass is 79.9. The third kappa shape index (κ3) is 6.63. The van der Waals surface area contributed by atoms with Gasteiger partial charge in [0.05, 0.1) is 5.52 Å². The second-order valence-electron chi connectivity index (χ2n) is 12.0. The quantitative estimate of drug-likeness (QED) is 0.301. The second-order valence-corrected chi connectivity index (χ2v) is 12.8. The average Bonchev–Trinajstić information content (AvgIpc) is 2.83. The fraction of sp³-hybridized carbons (Fsp3) is 0.483. The van der Waals surface area contributed by atoms with Gasteiger partial charge in [0.2, 0.25) is 5.95 Å². The summed E-state index contributed by atoms with van der Waals surface area (Å²) in [6, 6.07) is 8.73.